The summed E-state index contributed by atoms with van der Waals surface area (Å²) in [5, 5.41) is 15.2. The van der Waals surface area contributed by atoms with Crippen LogP contribution in [0, 0.1) is 0 Å². The van der Waals surface area contributed by atoms with Crippen LogP contribution in [0.3, 0.4) is 0 Å². The zero-order valence-corrected chi connectivity index (χ0v) is 13.6. The quantitative estimate of drug-likeness (QED) is 0.395. The molecule has 7 nitrogen and oxygen atoms in total. The summed E-state index contributed by atoms with van der Waals surface area (Å²) < 4.78 is 50.9. The van der Waals surface area contributed by atoms with Gasteiger partial charge in [-0.2, -0.15) is 4.98 Å². The maximum Gasteiger partial charge on any atom is 0.573 e. The Morgan fingerprint density at radius 3 is 2.59 bits per heavy atom. The molecule has 140 valence electrons. The standard InChI is InChI=1S/C17H12F3N3O4/c18-17(19,20)26-13-6-4-12(5-7-13)16-22-15(23-27-16)10-25-14-3-1-2-11(8-14)9-21-24/h1-9,24H,10H2/b21-9+. The van der Waals surface area contributed by atoms with Gasteiger partial charge in [0.2, 0.25) is 5.82 Å². The molecule has 0 atom stereocenters. The largest absolute Gasteiger partial charge is 0.573 e. The van der Waals surface area contributed by atoms with Crippen LogP contribution < -0.4 is 9.47 Å². The maximum absolute atomic E-state index is 12.2. The van der Waals surface area contributed by atoms with E-state index in [0.717, 1.165) is 12.1 Å². The molecule has 3 aromatic rings. The highest BCUT2D eigenvalue weighted by Crippen LogP contribution is 2.26. The lowest BCUT2D eigenvalue weighted by molar-refractivity contribution is -0.274. The van der Waals surface area contributed by atoms with Gasteiger partial charge in [0.15, 0.2) is 6.61 Å². The van der Waals surface area contributed by atoms with Gasteiger partial charge in [0.1, 0.15) is 11.5 Å². The number of oxime groups is 1. The fourth-order valence-electron chi connectivity index (χ4n) is 2.13. The van der Waals surface area contributed by atoms with E-state index in [2.05, 4.69) is 20.0 Å². The number of aromatic nitrogens is 2. The van der Waals surface area contributed by atoms with E-state index in [0.29, 0.717) is 16.9 Å². The Labute approximate surface area is 150 Å². The van der Waals surface area contributed by atoms with Crippen molar-refractivity contribution in [3.05, 3.63) is 59.9 Å². The lowest BCUT2D eigenvalue weighted by Crippen LogP contribution is -2.16. The molecule has 0 saturated carbocycles. The molecule has 0 radical (unpaired) electrons. The smallest absolute Gasteiger partial charge is 0.485 e. The van der Waals surface area contributed by atoms with E-state index in [9.17, 15) is 13.2 Å². The summed E-state index contributed by atoms with van der Waals surface area (Å²) >= 11 is 0. The number of hydrogen-bond donors (Lipinski definition) is 1. The van der Waals surface area contributed by atoms with E-state index in [-0.39, 0.29) is 24.1 Å². The molecule has 27 heavy (non-hydrogen) atoms. The summed E-state index contributed by atoms with van der Waals surface area (Å²) in [5.74, 6) is 0.545. The lowest BCUT2D eigenvalue weighted by Gasteiger charge is -2.08. The third kappa shape index (κ3) is 5.21. The molecule has 0 saturated heterocycles. The van der Waals surface area contributed by atoms with Gasteiger partial charge in [-0.3, -0.25) is 0 Å². The molecule has 2 aromatic carbocycles. The van der Waals surface area contributed by atoms with Crippen LogP contribution in [-0.4, -0.2) is 27.9 Å². The highest BCUT2D eigenvalue weighted by Gasteiger charge is 2.31. The average molecular weight is 379 g/mol. The normalized spacial score (nSPS) is 11.7. The number of halogens is 3. The van der Waals surface area contributed by atoms with Crippen molar-refractivity contribution in [2.45, 2.75) is 13.0 Å². The first kappa shape index (κ1) is 18.2. The Kier molecular flexibility index (Phi) is 5.25. The first-order valence-corrected chi connectivity index (χ1v) is 7.52. The summed E-state index contributed by atoms with van der Waals surface area (Å²) in [6, 6.07) is 11.8. The summed E-state index contributed by atoms with van der Waals surface area (Å²) in [6.45, 7) is 0.0124. The third-order valence-electron chi connectivity index (χ3n) is 3.24. The molecule has 1 N–H and O–H groups in total. The van der Waals surface area contributed by atoms with Crippen molar-refractivity contribution in [3.8, 4) is 23.0 Å². The summed E-state index contributed by atoms with van der Waals surface area (Å²) in [5.41, 5.74) is 1.08. The van der Waals surface area contributed by atoms with Gasteiger partial charge in [-0.15, -0.1) is 13.2 Å². The van der Waals surface area contributed by atoms with Gasteiger partial charge in [0, 0.05) is 5.56 Å². The topological polar surface area (TPSA) is 90.0 Å². The molecule has 0 aliphatic carbocycles. The van der Waals surface area contributed by atoms with Gasteiger partial charge in [0.25, 0.3) is 5.89 Å². The zero-order valence-electron chi connectivity index (χ0n) is 13.6. The number of alkyl halides is 3. The van der Waals surface area contributed by atoms with Crippen LogP contribution in [0.15, 0.2) is 58.2 Å². The Hall–Kier alpha value is -3.56. The number of hydrogen-bond acceptors (Lipinski definition) is 7. The van der Waals surface area contributed by atoms with Crippen LogP contribution in [0.1, 0.15) is 11.4 Å². The minimum absolute atomic E-state index is 0.0124. The fourth-order valence-corrected chi connectivity index (χ4v) is 2.13. The molecule has 0 aliphatic rings. The summed E-state index contributed by atoms with van der Waals surface area (Å²) in [7, 11) is 0. The molecular formula is C17H12F3N3O4. The van der Waals surface area contributed by atoms with Gasteiger partial charge in [-0.05, 0) is 42.0 Å². The molecule has 0 aliphatic heterocycles. The first-order valence-electron chi connectivity index (χ1n) is 7.52. The van der Waals surface area contributed by atoms with E-state index in [4.69, 9.17) is 14.5 Å². The minimum Gasteiger partial charge on any atom is -0.485 e. The van der Waals surface area contributed by atoms with E-state index in [1.165, 1.54) is 18.3 Å². The molecule has 0 bridgehead atoms. The molecule has 10 heteroatoms. The number of rotatable bonds is 6. The van der Waals surface area contributed by atoms with Crippen LogP contribution in [0.2, 0.25) is 0 Å². The van der Waals surface area contributed by atoms with Crippen molar-refractivity contribution in [1.29, 1.82) is 0 Å². The molecule has 3 rings (SSSR count). The van der Waals surface area contributed by atoms with Crippen molar-refractivity contribution in [2.75, 3.05) is 0 Å². The van der Waals surface area contributed by atoms with Crippen LogP contribution in [0.5, 0.6) is 11.5 Å². The van der Waals surface area contributed by atoms with E-state index in [1.54, 1.807) is 24.3 Å². The molecule has 0 spiro atoms. The second kappa shape index (κ2) is 7.77. The van der Waals surface area contributed by atoms with Crippen molar-refractivity contribution >= 4 is 6.21 Å². The lowest BCUT2D eigenvalue weighted by atomic mass is 10.2. The van der Waals surface area contributed by atoms with Gasteiger partial charge in [-0.1, -0.05) is 22.4 Å². The Balaban J connectivity index is 1.64. The van der Waals surface area contributed by atoms with Gasteiger partial charge < -0.3 is 19.2 Å². The number of nitrogens with zero attached hydrogens (tertiary/aromatic N) is 3. The van der Waals surface area contributed by atoms with Crippen molar-refractivity contribution in [1.82, 2.24) is 10.1 Å². The number of benzene rings is 2. The highest BCUT2D eigenvalue weighted by atomic mass is 19.4. The maximum atomic E-state index is 12.2. The van der Waals surface area contributed by atoms with Gasteiger partial charge in [-0.25, -0.2) is 0 Å². The van der Waals surface area contributed by atoms with Gasteiger partial charge >= 0.3 is 6.36 Å². The summed E-state index contributed by atoms with van der Waals surface area (Å²) in [4.78, 5) is 4.13. The molecule has 0 fully saturated rings. The van der Waals surface area contributed by atoms with E-state index >= 15 is 0 Å². The molecule has 1 aromatic heterocycles. The molecule has 0 unspecified atom stereocenters. The van der Waals surface area contributed by atoms with Crippen LogP contribution in [0.4, 0.5) is 13.2 Å². The van der Waals surface area contributed by atoms with E-state index < -0.39 is 6.36 Å². The molecule has 1 heterocycles. The second-order valence-electron chi connectivity index (χ2n) is 5.19. The van der Waals surface area contributed by atoms with Gasteiger partial charge in [0.05, 0.1) is 6.21 Å². The Morgan fingerprint density at radius 2 is 1.89 bits per heavy atom. The second-order valence-corrected chi connectivity index (χ2v) is 5.19. The van der Waals surface area contributed by atoms with E-state index in [1.807, 2.05) is 0 Å². The first-order chi connectivity index (χ1) is 12.9. The minimum atomic E-state index is -4.75. The molecule has 0 amide bonds. The predicted molar refractivity (Wildman–Crippen MR) is 86.6 cm³/mol. The summed E-state index contributed by atoms with van der Waals surface area (Å²) in [6.07, 6.45) is -3.50. The van der Waals surface area contributed by atoms with Crippen molar-refractivity contribution in [3.63, 3.8) is 0 Å². The highest BCUT2D eigenvalue weighted by molar-refractivity contribution is 5.79. The third-order valence-corrected chi connectivity index (χ3v) is 3.24. The van der Waals surface area contributed by atoms with Crippen molar-refractivity contribution in [2.24, 2.45) is 5.16 Å². The predicted octanol–water partition coefficient (Wildman–Crippen LogP) is 4.02. The van der Waals surface area contributed by atoms with Crippen LogP contribution in [-0.2, 0) is 6.61 Å². The average Bonchev–Trinajstić information content (AvgIpc) is 3.09. The van der Waals surface area contributed by atoms with Crippen LogP contribution in [0.25, 0.3) is 11.5 Å². The van der Waals surface area contributed by atoms with Crippen LogP contribution >= 0.6 is 0 Å². The monoisotopic (exact) mass is 379 g/mol. The Bertz CT molecular complexity index is 924. The number of ether oxygens (including phenoxy) is 2. The Morgan fingerprint density at radius 1 is 1.11 bits per heavy atom. The zero-order chi connectivity index (χ0) is 19.3. The fraction of sp³-hybridized carbons (Fsp3) is 0.118. The molecular weight excluding hydrogens is 367 g/mol. The van der Waals surface area contributed by atoms with Crippen molar-refractivity contribution < 1.29 is 32.4 Å². The SMILES string of the molecule is O/N=C/c1cccc(OCc2noc(-c3ccc(OC(F)(F)F)cc3)n2)c1.